The Labute approximate surface area is 162 Å². The number of aliphatic carboxylic acids is 1. The van der Waals surface area contributed by atoms with E-state index in [-0.39, 0.29) is 42.4 Å². The third kappa shape index (κ3) is 5.92. The Morgan fingerprint density at radius 3 is 1.79 bits per heavy atom. The van der Waals surface area contributed by atoms with Crippen LogP contribution in [0.3, 0.4) is 0 Å². The van der Waals surface area contributed by atoms with Crippen molar-refractivity contribution in [3.8, 4) is 0 Å². The maximum atomic E-state index is 11.5. The summed E-state index contributed by atoms with van der Waals surface area (Å²) in [5, 5.41) is 9.37. The molecule has 1 unspecified atom stereocenters. The van der Waals surface area contributed by atoms with Crippen molar-refractivity contribution in [1.82, 2.24) is 0 Å². The molecule has 3 N–H and O–H groups in total. The van der Waals surface area contributed by atoms with E-state index in [0.717, 1.165) is 11.1 Å². The van der Waals surface area contributed by atoms with Crippen LogP contribution in [-0.2, 0) is 9.59 Å². The molecule has 0 bridgehead atoms. The van der Waals surface area contributed by atoms with Gasteiger partial charge in [-0.2, -0.15) is 0 Å². The van der Waals surface area contributed by atoms with Gasteiger partial charge in [0, 0.05) is 17.5 Å². The standard InChI is InChI=1S/C18H18N2O3.Na.H/c19-16(21)12-11-15(18(22)23)20-17(13-7-3-1-4-8-13)14-9-5-2-6-10-14;;/h1-10,15H,11-12H2,(H2,19,21)(H,22,23);;. The molecule has 0 radical (unpaired) electrons. The molecule has 6 heteroatoms. The number of carbonyl (C=O) groups excluding carboxylic acids is 1. The summed E-state index contributed by atoms with van der Waals surface area (Å²) >= 11 is 0. The summed E-state index contributed by atoms with van der Waals surface area (Å²) in [7, 11) is 0. The van der Waals surface area contributed by atoms with Crippen LogP contribution < -0.4 is 5.73 Å². The van der Waals surface area contributed by atoms with Gasteiger partial charge in [0.15, 0.2) is 0 Å². The van der Waals surface area contributed by atoms with Crippen LogP contribution in [0, 0.1) is 0 Å². The van der Waals surface area contributed by atoms with Crippen LogP contribution >= 0.6 is 0 Å². The van der Waals surface area contributed by atoms with E-state index in [4.69, 9.17) is 5.73 Å². The minimum absolute atomic E-state index is 0. The van der Waals surface area contributed by atoms with E-state index in [1.54, 1.807) is 0 Å². The third-order valence-electron chi connectivity index (χ3n) is 3.33. The van der Waals surface area contributed by atoms with E-state index < -0.39 is 17.9 Å². The first-order chi connectivity index (χ1) is 11.1. The van der Waals surface area contributed by atoms with Crippen LogP contribution in [0.25, 0.3) is 0 Å². The number of nitrogens with two attached hydrogens (primary N) is 1. The summed E-state index contributed by atoms with van der Waals surface area (Å²) in [6.07, 6.45) is 0.0607. The second-order valence-corrected chi connectivity index (χ2v) is 5.07. The Morgan fingerprint density at radius 1 is 0.958 bits per heavy atom. The van der Waals surface area contributed by atoms with Crippen molar-refractivity contribution >= 4 is 47.1 Å². The van der Waals surface area contributed by atoms with E-state index in [2.05, 4.69) is 4.99 Å². The fraction of sp³-hybridized carbons (Fsp3) is 0.167. The number of nitrogens with zero attached hydrogens (tertiary/aromatic N) is 1. The SMILES string of the molecule is NC(=O)CCC(N=C(c1ccccc1)c1ccccc1)C(=O)O.[NaH]. The predicted octanol–water partition coefficient (Wildman–Crippen LogP) is 1.59. The molecule has 24 heavy (non-hydrogen) atoms. The molecule has 1 atom stereocenters. The topological polar surface area (TPSA) is 92.8 Å². The monoisotopic (exact) mass is 334 g/mol. The molecule has 2 rings (SSSR count). The van der Waals surface area contributed by atoms with E-state index in [1.807, 2.05) is 60.7 Å². The summed E-state index contributed by atoms with van der Waals surface area (Å²) in [4.78, 5) is 26.8. The summed E-state index contributed by atoms with van der Waals surface area (Å²) in [5.74, 6) is -1.61. The summed E-state index contributed by atoms with van der Waals surface area (Å²) in [5.41, 5.74) is 7.35. The van der Waals surface area contributed by atoms with Gasteiger partial charge in [0.1, 0.15) is 6.04 Å². The van der Waals surface area contributed by atoms with Crippen LogP contribution in [0.15, 0.2) is 65.7 Å². The molecule has 0 fully saturated rings. The molecule has 0 aliphatic carbocycles. The maximum absolute atomic E-state index is 11.5. The molecule has 0 saturated carbocycles. The fourth-order valence-electron chi connectivity index (χ4n) is 2.19. The Hall–Kier alpha value is -1.95. The average molecular weight is 334 g/mol. The zero-order valence-electron chi connectivity index (χ0n) is 12.6. The van der Waals surface area contributed by atoms with Gasteiger partial charge in [-0.3, -0.25) is 9.79 Å². The van der Waals surface area contributed by atoms with Crippen molar-refractivity contribution in [2.45, 2.75) is 18.9 Å². The van der Waals surface area contributed by atoms with E-state index in [9.17, 15) is 14.7 Å². The molecule has 0 spiro atoms. The van der Waals surface area contributed by atoms with E-state index >= 15 is 0 Å². The van der Waals surface area contributed by atoms with Gasteiger partial charge in [-0.05, 0) is 6.42 Å². The third-order valence-corrected chi connectivity index (χ3v) is 3.33. The number of amides is 1. The van der Waals surface area contributed by atoms with Crippen LogP contribution in [0.5, 0.6) is 0 Å². The van der Waals surface area contributed by atoms with Crippen LogP contribution in [-0.4, -0.2) is 58.3 Å². The van der Waals surface area contributed by atoms with Crippen LogP contribution in [0.2, 0.25) is 0 Å². The predicted molar refractivity (Wildman–Crippen MR) is 95.5 cm³/mol. The molecule has 0 saturated heterocycles. The number of primary amides is 1. The van der Waals surface area contributed by atoms with Gasteiger partial charge in [-0.15, -0.1) is 0 Å². The first kappa shape index (κ1) is 20.1. The molecular weight excluding hydrogens is 315 g/mol. The molecule has 5 nitrogen and oxygen atoms in total. The molecule has 0 aromatic heterocycles. The van der Waals surface area contributed by atoms with Gasteiger partial charge in [0.05, 0.1) is 5.71 Å². The summed E-state index contributed by atoms with van der Waals surface area (Å²) in [6.45, 7) is 0. The van der Waals surface area contributed by atoms with Gasteiger partial charge in [-0.1, -0.05) is 60.7 Å². The minimum atomic E-state index is -1.07. The van der Waals surface area contributed by atoms with Gasteiger partial charge >= 0.3 is 35.5 Å². The first-order valence-electron chi connectivity index (χ1n) is 7.27. The molecular formula is C18H19N2NaO3. The summed E-state index contributed by atoms with van der Waals surface area (Å²) in [6, 6.07) is 17.7. The molecule has 1 amide bonds. The Morgan fingerprint density at radius 2 is 1.42 bits per heavy atom. The number of rotatable bonds is 7. The molecule has 0 heterocycles. The van der Waals surface area contributed by atoms with E-state index in [1.165, 1.54) is 0 Å². The normalized spacial score (nSPS) is 11.0. The van der Waals surface area contributed by atoms with Crippen molar-refractivity contribution in [3.05, 3.63) is 71.8 Å². The second kappa shape index (κ2) is 10.0. The number of carboxylic acid groups (broad SMARTS) is 1. The quantitative estimate of drug-likeness (QED) is 0.595. The molecule has 2 aromatic rings. The Kier molecular flexibility index (Phi) is 8.40. The van der Waals surface area contributed by atoms with Crippen molar-refractivity contribution < 1.29 is 14.7 Å². The zero-order chi connectivity index (χ0) is 16.7. The number of carbonyl (C=O) groups is 2. The van der Waals surface area contributed by atoms with Crippen molar-refractivity contribution in [3.63, 3.8) is 0 Å². The molecule has 0 aliphatic heterocycles. The Balaban J connectivity index is 0.00000288. The summed E-state index contributed by atoms with van der Waals surface area (Å²) < 4.78 is 0. The number of hydrogen-bond acceptors (Lipinski definition) is 3. The number of carboxylic acids is 1. The average Bonchev–Trinajstić information content (AvgIpc) is 2.56. The fourth-order valence-corrected chi connectivity index (χ4v) is 2.19. The van der Waals surface area contributed by atoms with Crippen LogP contribution in [0.1, 0.15) is 24.0 Å². The van der Waals surface area contributed by atoms with Gasteiger partial charge in [-0.25, -0.2) is 4.79 Å². The Bertz CT molecular complexity index is 661. The molecule has 2 aromatic carbocycles. The van der Waals surface area contributed by atoms with Crippen molar-refractivity contribution in [2.75, 3.05) is 0 Å². The zero-order valence-corrected chi connectivity index (χ0v) is 12.6. The molecule has 120 valence electrons. The first-order valence-corrected chi connectivity index (χ1v) is 7.27. The van der Waals surface area contributed by atoms with Crippen LogP contribution in [0.4, 0.5) is 0 Å². The number of benzene rings is 2. The molecule has 0 aliphatic rings. The second-order valence-electron chi connectivity index (χ2n) is 5.07. The van der Waals surface area contributed by atoms with Gasteiger partial charge in [0.2, 0.25) is 5.91 Å². The van der Waals surface area contributed by atoms with Crippen molar-refractivity contribution in [1.29, 1.82) is 0 Å². The van der Waals surface area contributed by atoms with E-state index in [0.29, 0.717) is 5.71 Å². The van der Waals surface area contributed by atoms with Crippen molar-refractivity contribution in [2.24, 2.45) is 10.7 Å². The van der Waals surface area contributed by atoms with Gasteiger partial charge < -0.3 is 10.8 Å². The van der Waals surface area contributed by atoms with Gasteiger partial charge in [0.25, 0.3) is 0 Å². The number of hydrogen-bond donors (Lipinski definition) is 2. The number of aliphatic imine (C=N–C) groups is 1.